The average Bonchev–Trinajstić information content (AvgIpc) is 2.86. The lowest BCUT2D eigenvalue weighted by atomic mass is 10.1. The van der Waals surface area contributed by atoms with Gasteiger partial charge < -0.3 is 4.57 Å². The molecule has 0 spiro atoms. The number of hydrogen-bond acceptors (Lipinski definition) is 2. The van der Waals surface area contributed by atoms with Crippen molar-refractivity contribution in [2.75, 3.05) is 0 Å². The van der Waals surface area contributed by atoms with Crippen LogP contribution in [-0.2, 0) is 7.05 Å². The van der Waals surface area contributed by atoms with E-state index in [-0.39, 0.29) is 0 Å². The highest BCUT2D eigenvalue weighted by atomic mass is 16.1. The molecule has 20 heavy (non-hydrogen) atoms. The van der Waals surface area contributed by atoms with Gasteiger partial charge in [-0.05, 0) is 0 Å². The first-order valence-corrected chi connectivity index (χ1v) is 6.44. The summed E-state index contributed by atoms with van der Waals surface area (Å²) in [7, 11) is 1.94. The molecule has 0 fully saturated rings. The third-order valence-electron chi connectivity index (χ3n) is 3.31. The van der Waals surface area contributed by atoms with Gasteiger partial charge in [0.05, 0.1) is 5.69 Å². The largest absolute Gasteiger partial charge is 0.327 e. The number of carbonyl (C=O) groups is 1. The molecule has 3 heteroatoms. The van der Waals surface area contributed by atoms with Gasteiger partial charge in [-0.2, -0.15) is 0 Å². The molecule has 0 aliphatic heterocycles. The number of hydrogen-bond donors (Lipinski definition) is 0. The molecule has 0 amide bonds. The maximum Gasteiger partial charge on any atom is 0.170 e. The maximum absolute atomic E-state index is 11.3. The van der Waals surface area contributed by atoms with Crippen LogP contribution in [0.2, 0.25) is 0 Å². The maximum atomic E-state index is 11.3. The molecule has 0 saturated heterocycles. The van der Waals surface area contributed by atoms with E-state index in [0.717, 1.165) is 28.9 Å². The molecule has 0 aliphatic carbocycles. The van der Waals surface area contributed by atoms with Crippen molar-refractivity contribution >= 4 is 6.29 Å². The molecule has 0 radical (unpaired) electrons. The lowest BCUT2D eigenvalue weighted by Gasteiger charge is -2.06. The molecule has 0 bridgehead atoms. The molecule has 3 rings (SSSR count). The second kappa shape index (κ2) is 5.13. The van der Waals surface area contributed by atoms with Crippen LogP contribution in [-0.4, -0.2) is 15.8 Å². The van der Waals surface area contributed by atoms with E-state index >= 15 is 0 Å². The van der Waals surface area contributed by atoms with E-state index in [9.17, 15) is 4.79 Å². The smallest absolute Gasteiger partial charge is 0.170 e. The Kier molecular flexibility index (Phi) is 3.17. The minimum absolute atomic E-state index is 0.470. The van der Waals surface area contributed by atoms with Crippen molar-refractivity contribution in [3.63, 3.8) is 0 Å². The summed E-state index contributed by atoms with van der Waals surface area (Å²) in [5.41, 5.74) is 3.31. The van der Waals surface area contributed by atoms with Gasteiger partial charge in [-0.15, -0.1) is 0 Å². The van der Waals surface area contributed by atoms with Crippen molar-refractivity contribution in [1.29, 1.82) is 0 Å². The number of nitrogens with zero attached hydrogens (tertiary/aromatic N) is 2. The predicted molar refractivity (Wildman–Crippen MR) is 79.5 cm³/mol. The molecule has 3 nitrogen and oxygen atoms in total. The van der Waals surface area contributed by atoms with Crippen LogP contribution in [0.15, 0.2) is 60.7 Å². The normalized spacial score (nSPS) is 10.4. The molecule has 3 aromatic rings. The van der Waals surface area contributed by atoms with Gasteiger partial charge in [-0.1, -0.05) is 60.7 Å². The van der Waals surface area contributed by atoms with Gasteiger partial charge in [0.1, 0.15) is 11.5 Å². The fourth-order valence-corrected chi connectivity index (χ4v) is 2.38. The first kappa shape index (κ1) is 12.4. The van der Waals surface area contributed by atoms with Crippen LogP contribution in [0, 0.1) is 0 Å². The molecule has 0 aliphatic rings. The zero-order valence-corrected chi connectivity index (χ0v) is 11.2. The summed E-state index contributed by atoms with van der Waals surface area (Å²) in [5.74, 6) is 0.798. The Hall–Kier alpha value is -2.68. The van der Waals surface area contributed by atoms with E-state index < -0.39 is 0 Å². The summed E-state index contributed by atoms with van der Waals surface area (Å²) in [4.78, 5) is 15.8. The quantitative estimate of drug-likeness (QED) is 0.676. The molecule has 0 N–H and O–H groups in total. The summed E-state index contributed by atoms with van der Waals surface area (Å²) >= 11 is 0. The molecule has 98 valence electrons. The minimum atomic E-state index is 0.470. The Bertz CT molecular complexity index is 730. The van der Waals surface area contributed by atoms with Crippen molar-refractivity contribution in [3.05, 3.63) is 66.4 Å². The first-order chi connectivity index (χ1) is 9.81. The number of rotatable bonds is 3. The molecular formula is C17H14N2O. The molecule has 0 atom stereocenters. The summed E-state index contributed by atoms with van der Waals surface area (Å²) in [6.45, 7) is 0. The average molecular weight is 262 g/mol. The van der Waals surface area contributed by atoms with Gasteiger partial charge in [-0.25, -0.2) is 4.98 Å². The Morgan fingerprint density at radius 1 is 0.900 bits per heavy atom. The fourth-order valence-electron chi connectivity index (χ4n) is 2.38. The van der Waals surface area contributed by atoms with Gasteiger partial charge in [0.15, 0.2) is 6.29 Å². The fraction of sp³-hybridized carbons (Fsp3) is 0.0588. The lowest BCUT2D eigenvalue weighted by molar-refractivity contribution is 0.112. The van der Waals surface area contributed by atoms with Crippen LogP contribution in [0.4, 0.5) is 0 Å². The van der Waals surface area contributed by atoms with Gasteiger partial charge in [0.2, 0.25) is 0 Å². The number of benzene rings is 2. The van der Waals surface area contributed by atoms with E-state index in [1.54, 1.807) is 0 Å². The van der Waals surface area contributed by atoms with Crippen LogP contribution >= 0.6 is 0 Å². The Labute approximate surface area is 117 Å². The Morgan fingerprint density at radius 2 is 1.45 bits per heavy atom. The number of carbonyl (C=O) groups excluding carboxylic acids is 1. The van der Waals surface area contributed by atoms with Crippen molar-refractivity contribution in [3.8, 4) is 22.6 Å². The number of aromatic nitrogens is 2. The van der Waals surface area contributed by atoms with Crippen LogP contribution in [0.25, 0.3) is 22.6 Å². The second-order valence-corrected chi connectivity index (χ2v) is 4.58. The molecule has 1 aromatic heterocycles. The highest BCUT2D eigenvalue weighted by molar-refractivity contribution is 5.86. The van der Waals surface area contributed by atoms with E-state index in [1.165, 1.54) is 0 Å². The molecule has 2 aromatic carbocycles. The van der Waals surface area contributed by atoms with Crippen molar-refractivity contribution < 1.29 is 4.79 Å². The first-order valence-electron chi connectivity index (χ1n) is 6.44. The van der Waals surface area contributed by atoms with Crippen LogP contribution < -0.4 is 0 Å². The Balaban J connectivity index is 2.22. The Morgan fingerprint density at radius 3 is 2.00 bits per heavy atom. The second-order valence-electron chi connectivity index (χ2n) is 4.58. The monoisotopic (exact) mass is 262 g/mol. The molecule has 1 heterocycles. The van der Waals surface area contributed by atoms with Gasteiger partial charge >= 0.3 is 0 Å². The standard InChI is InChI=1S/C17H14N2O/c1-19-16(13-8-4-2-5-9-13)15(12-20)18-17(19)14-10-6-3-7-11-14/h2-12H,1H3. The minimum Gasteiger partial charge on any atom is -0.327 e. The molecule has 0 saturated carbocycles. The van der Waals surface area contributed by atoms with Crippen LogP contribution in [0.3, 0.4) is 0 Å². The van der Waals surface area contributed by atoms with Crippen molar-refractivity contribution in [2.45, 2.75) is 0 Å². The zero-order chi connectivity index (χ0) is 13.9. The molecule has 0 unspecified atom stereocenters. The highest BCUT2D eigenvalue weighted by Crippen LogP contribution is 2.28. The summed E-state index contributed by atoms with van der Waals surface area (Å²) in [6.07, 6.45) is 0.814. The lowest BCUT2D eigenvalue weighted by Crippen LogP contribution is -1.96. The van der Waals surface area contributed by atoms with E-state index in [1.807, 2.05) is 72.3 Å². The topological polar surface area (TPSA) is 34.9 Å². The van der Waals surface area contributed by atoms with E-state index in [0.29, 0.717) is 5.69 Å². The zero-order valence-electron chi connectivity index (χ0n) is 11.2. The third kappa shape index (κ3) is 2.03. The van der Waals surface area contributed by atoms with Crippen LogP contribution in [0.1, 0.15) is 10.5 Å². The van der Waals surface area contributed by atoms with E-state index in [4.69, 9.17) is 0 Å². The van der Waals surface area contributed by atoms with Gasteiger partial charge in [0.25, 0.3) is 0 Å². The van der Waals surface area contributed by atoms with Gasteiger partial charge in [-0.3, -0.25) is 4.79 Å². The van der Waals surface area contributed by atoms with Crippen molar-refractivity contribution in [2.24, 2.45) is 7.05 Å². The number of aldehydes is 1. The molecular weight excluding hydrogens is 248 g/mol. The third-order valence-corrected chi connectivity index (χ3v) is 3.31. The highest BCUT2D eigenvalue weighted by Gasteiger charge is 2.16. The summed E-state index contributed by atoms with van der Waals surface area (Å²) in [5, 5.41) is 0. The summed E-state index contributed by atoms with van der Waals surface area (Å²) in [6, 6.07) is 19.7. The van der Waals surface area contributed by atoms with Gasteiger partial charge in [0, 0.05) is 18.2 Å². The van der Waals surface area contributed by atoms with E-state index in [2.05, 4.69) is 4.98 Å². The summed E-state index contributed by atoms with van der Waals surface area (Å²) < 4.78 is 1.97. The predicted octanol–water partition coefficient (Wildman–Crippen LogP) is 3.57. The van der Waals surface area contributed by atoms with Crippen molar-refractivity contribution in [1.82, 2.24) is 9.55 Å². The SMILES string of the molecule is Cn1c(-c2ccccc2)nc(C=O)c1-c1ccccc1. The number of imidazole rings is 1. The van der Waals surface area contributed by atoms with Crippen LogP contribution in [0.5, 0.6) is 0 Å².